The summed E-state index contributed by atoms with van der Waals surface area (Å²) in [5, 5.41) is 4.87. The van der Waals surface area contributed by atoms with Gasteiger partial charge in [0, 0.05) is 17.7 Å². The molecule has 2 aromatic rings. The number of anilines is 1. The lowest BCUT2D eigenvalue weighted by Crippen LogP contribution is -2.54. The Morgan fingerprint density at radius 1 is 1.16 bits per heavy atom. The van der Waals surface area contributed by atoms with E-state index in [9.17, 15) is 23.2 Å². The molecule has 2 atom stereocenters. The number of piperidine rings is 1. The molecule has 0 bridgehead atoms. The molecule has 2 aliphatic rings. The van der Waals surface area contributed by atoms with Crippen molar-refractivity contribution in [1.82, 2.24) is 10.6 Å². The van der Waals surface area contributed by atoms with Crippen LogP contribution in [0.15, 0.2) is 42.5 Å². The highest BCUT2D eigenvalue weighted by molar-refractivity contribution is 6.01. The summed E-state index contributed by atoms with van der Waals surface area (Å²) in [5.41, 5.74) is 0.914. The average molecular weight is 443 g/mol. The number of rotatable bonds is 5. The van der Waals surface area contributed by atoms with E-state index >= 15 is 0 Å². The first-order valence-electron chi connectivity index (χ1n) is 10.4. The fraction of sp³-hybridized carbons (Fsp3) is 0.348. The molecule has 168 valence electrons. The highest BCUT2D eigenvalue weighted by atomic mass is 19.1. The first-order chi connectivity index (χ1) is 15.3. The maximum absolute atomic E-state index is 14.7. The summed E-state index contributed by atoms with van der Waals surface area (Å²) in [5.74, 6) is -3.86. The molecule has 2 N–H and O–H groups in total. The van der Waals surface area contributed by atoms with Gasteiger partial charge < -0.3 is 15.0 Å². The molecular weight excluding hydrogens is 420 g/mol. The number of amides is 3. The lowest BCUT2D eigenvalue weighted by Gasteiger charge is -2.40. The van der Waals surface area contributed by atoms with E-state index in [2.05, 4.69) is 10.6 Å². The number of carbonyl (C=O) groups is 3. The van der Waals surface area contributed by atoms with Gasteiger partial charge in [0.25, 0.3) is 0 Å². The standard InChI is InChI=1S/C23H23F2N3O4/c1-13(14-5-3-2-4-6-14)26-23(31)32-16-11-28(12-16)15-9-18(24)21(19(25)10-15)17-7-8-20(29)27-22(17)30/h2-6,9-10,13,16-17H,7-8,11-12H2,1H3,(H,26,31)(H,27,29,30)/t13-,17?/m1/s1. The largest absolute Gasteiger partial charge is 0.442 e. The van der Waals surface area contributed by atoms with E-state index in [0.717, 1.165) is 17.7 Å². The summed E-state index contributed by atoms with van der Waals surface area (Å²) >= 11 is 0. The Morgan fingerprint density at radius 2 is 1.81 bits per heavy atom. The van der Waals surface area contributed by atoms with Crippen LogP contribution in [-0.2, 0) is 14.3 Å². The monoisotopic (exact) mass is 443 g/mol. The Morgan fingerprint density at radius 3 is 2.44 bits per heavy atom. The summed E-state index contributed by atoms with van der Waals surface area (Å²) in [4.78, 5) is 37.1. The van der Waals surface area contributed by atoms with Gasteiger partial charge in [-0.3, -0.25) is 14.9 Å². The zero-order valence-electron chi connectivity index (χ0n) is 17.4. The number of ether oxygens (including phenoxy) is 1. The molecule has 1 unspecified atom stereocenters. The van der Waals surface area contributed by atoms with Gasteiger partial charge in [0.2, 0.25) is 11.8 Å². The number of halogens is 2. The summed E-state index contributed by atoms with van der Waals surface area (Å²) in [6, 6.07) is 11.6. The second-order valence-electron chi connectivity index (χ2n) is 8.04. The zero-order chi connectivity index (χ0) is 22.8. The lowest BCUT2D eigenvalue weighted by atomic mass is 9.89. The van der Waals surface area contributed by atoms with Crippen LogP contribution in [0.25, 0.3) is 0 Å². The predicted molar refractivity (Wildman–Crippen MR) is 112 cm³/mol. The summed E-state index contributed by atoms with van der Waals surface area (Å²) < 4.78 is 34.7. The van der Waals surface area contributed by atoms with Crippen LogP contribution in [0.5, 0.6) is 0 Å². The van der Waals surface area contributed by atoms with Gasteiger partial charge in [-0.2, -0.15) is 0 Å². The Hall–Kier alpha value is -3.49. The smallest absolute Gasteiger partial charge is 0.408 e. The maximum atomic E-state index is 14.7. The molecule has 2 aromatic carbocycles. The Balaban J connectivity index is 1.33. The van der Waals surface area contributed by atoms with E-state index in [1.165, 1.54) is 0 Å². The van der Waals surface area contributed by atoms with E-state index in [0.29, 0.717) is 18.8 Å². The van der Waals surface area contributed by atoms with Crippen molar-refractivity contribution in [3.63, 3.8) is 0 Å². The second kappa shape index (κ2) is 8.94. The van der Waals surface area contributed by atoms with Crippen molar-refractivity contribution in [2.24, 2.45) is 0 Å². The van der Waals surface area contributed by atoms with Crippen LogP contribution in [-0.4, -0.2) is 37.1 Å². The fourth-order valence-corrected chi connectivity index (χ4v) is 3.97. The minimum Gasteiger partial charge on any atom is -0.442 e. The van der Waals surface area contributed by atoms with Crippen molar-refractivity contribution < 1.29 is 27.9 Å². The van der Waals surface area contributed by atoms with Gasteiger partial charge >= 0.3 is 6.09 Å². The minimum absolute atomic E-state index is 0.0349. The van der Waals surface area contributed by atoms with Gasteiger partial charge in [0.15, 0.2) is 0 Å². The molecule has 3 amide bonds. The minimum atomic E-state index is -1.04. The molecule has 2 aliphatic heterocycles. The van der Waals surface area contributed by atoms with Gasteiger partial charge in [-0.15, -0.1) is 0 Å². The molecule has 9 heteroatoms. The first kappa shape index (κ1) is 21.7. The van der Waals surface area contributed by atoms with Gasteiger partial charge in [0.05, 0.1) is 25.0 Å². The van der Waals surface area contributed by atoms with Gasteiger partial charge in [-0.1, -0.05) is 30.3 Å². The van der Waals surface area contributed by atoms with Crippen LogP contribution >= 0.6 is 0 Å². The van der Waals surface area contributed by atoms with Crippen molar-refractivity contribution in [3.05, 3.63) is 65.2 Å². The normalized spacial score (nSPS) is 19.7. The Labute approximate surface area is 183 Å². The van der Waals surface area contributed by atoms with Crippen LogP contribution in [0.4, 0.5) is 19.3 Å². The van der Waals surface area contributed by atoms with Crippen molar-refractivity contribution in [3.8, 4) is 0 Å². The lowest BCUT2D eigenvalue weighted by molar-refractivity contribution is -0.134. The van der Waals surface area contributed by atoms with E-state index < -0.39 is 41.6 Å². The quantitative estimate of drug-likeness (QED) is 0.694. The molecule has 4 rings (SSSR count). The second-order valence-corrected chi connectivity index (χ2v) is 8.04. The number of nitrogens with zero attached hydrogens (tertiary/aromatic N) is 1. The molecule has 7 nitrogen and oxygen atoms in total. The number of alkyl carbamates (subject to hydrolysis) is 1. The summed E-state index contributed by atoms with van der Waals surface area (Å²) in [7, 11) is 0. The van der Waals surface area contributed by atoms with E-state index in [-0.39, 0.29) is 24.4 Å². The van der Waals surface area contributed by atoms with Crippen LogP contribution in [0.3, 0.4) is 0 Å². The van der Waals surface area contributed by atoms with Crippen molar-refractivity contribution >= 4 is 23.6 Å². The fourth-order valence-electron chi connectivity index (χ4n) is 3.97. The molecule has 0 aromatic heterocycles. The average Bonchev–Trinajstić information content (AvgIpc) is 2.72. The third-order valence-corrected chi connectivity index (χ3v) is 5.77. The van der Waals surface area contributed by atoms with E-state index in [4.69, 9.17) is 4.74 Å². The topological polar surface area (TPSA) is 87.7 Å². The van der Waals surface area contributed by atoms with Crippen molar-refractivity contribution in [1.29, 1.82) is 0 Å². The van der Waals surface area contributed by atoms with E-state index in [1.54, 1.807) is 4.90 Å². The summed E-state index contributed by atoms with van der Waals surface area (Å²) in [6.07, 6.45) is -0.864. The van der Waals surface area contributed by atoms with Crippen molar-refractivity contribution in [2.45, 2.75) is 37.8 Å². The van der Waals surface area contributed by atoms with Crippen molar-refractivity contribution in [2.75, 3.05) is 18.0 Å². The van der Waals surface area contributed by atoms with Gasteiger partial charge in [-0.25, -0.2) is 13.6 Å². The molecule has 0 radical (unpaired) electrons. The molecule has 0 saturated carbocycles. The molecule has 32 heavy (non-hydrogen) atoms. The SMILES string of the molecule is C[C@@H](NC(=O)OC1CN(c2cc(F)c(C3CCC(=O)NC3=O)c(F)c2)C1)c1ccccc1. The van der Waals surface area contributed by atoms with Gasteiger partial charge in [-0.05, 0) is 31.0 Å². The molecular formula is C23H23F2N3O4. The third kappa shape index (κ3) is 4.56. The Bertz CT molecular complexity index is 1020. The third-order valence-electron chi connectivity index (χ3n) is 5.77. The van der Waals surface area contributed by atoms with E-state index in [1.807, 2.05) is 37.3 Å². The van der Waals surface area contributed by atoms with Gasteiger partial charge in [0.1, 0.15) is 17.7 Å². The number of nitrogens with one attached hydrogen (secondary N) is 2. The van der Waals surface area contributed by atoms with Crippen LogP contribution < -0.4 is 15.5 Å². The van der Waals surface area contributed by atoms with Crippen LogP contribution in [0.2, 0.25) is 0 Å². The predicted octanol–water partition coefficient (Wildman–Crippen LogP) is 3.16. The molecule has 2 fully saturated rings. The van der Waals surface area contributed by atoms with Crippen LogP contribution in [0.1, 0.15) is 42.9 Å². The zero-order valence-corrected chi connectivity index (χ0v) is 17.4. The number of carbonyl (C=O) groups excluding carboxylic acids is 3. The number of hydrogen-bond acceptors (Lipinski definition) is 5. The molecule has 0 aliphatic carbocycles. The number of benzene rings is 2. The molecule has 0 spiro atoms. The summed E-state index contributed by atoms with van der Waals surface area (Å²) in [6.45, 7) is 2.44. The highest BCUT2D eigenvalue weighted by Gasteiger charge is 2.35. The van der Waals surface area contributed by atoms with Crippen LogP contribution in [0, 0.1) is 11.6 Å². The number of imide groups is 1. The maximum Gasteiger partial charge on any atom is 0.408 e. The highest BCUT2D eigenvalue weighted by Crippen LogP contribution is 2.33. The Kier molecular flexibility index (Phi) is 6.07. The first-order valence-corrected chi connectivity index (χ1v) is 10.4. The number of hydrogen-bond donors (Lipinski definition) is 2. The molecule has 2 saturated heterocycles. The molecule has 2 heterocycles.